The van der Waals surface area contributed by atoms with Crippen LogP contribution >= 0.6 is 0 Å². The number of nitrogens with one attached hydrogen (secondary N) is 1. The summed E-state index contributed by atoms with van der Waals surface area (Å²) in [5.41, 5.74) is 3.74. The van der Waals surface area contributed by atoms with Gasteiger partial charge in [-0.15, -0.1) is 0 Å². The lowest BCUT2D eigenvalue weighted by Gasteiger charge is -2.18. The fourth-order valence-electron chi connectivity index (χ4n) is 2.71. The van der Waals surface area contributed by atoms with Gasteiger partial charge in [0.15, 0.2) is 0 Å². The number of carbonyl (C=O) groups is 1. The van der Waals surface area contributed by atoms with E-state index in [0.717, 1.165) is 30.8 Å². The molecule has 25 heavy (non-hydrogen) atoms. The molecule has 0 saturated carbocycles. The lowest BCUT2D eigenvalue weighted by Crippen LogP contribution is -2.22. The van der Waals surface area contributed by atoms with Gasteiger partial charge in [0.1, 0.15) is 5.69 Å². The molecule has 5 nitrogen and oxygen atoms in total. The van der Waals surface area contributed by atoms with E-state index >= 15 is 0 Å². The summed E-state index contributed by atoms with van der Waals surface area (Å²) >= 11 is 0. The topological polar surface area (TPSA) is 58.1 Å². The molecule has 0 aliphatic heterocycles. The van der Waals surface area contributed by atoms with Gasteiger partial charge in [0.2, 0.25) is 0 Å². The monoisotopic (exact) mass is 334 g/mol. The Bertz CT molecular complexity index is 874. The molecule has 0 fully saturated rings. The lowest BCUT2D eigenvalue weighted by molar-refractivity contribution is 0.102. The quantitative estimate of drug-likeness (QED) is 0.746. The summed E-state index contributed by atoms with van der Waals surface area (Å²) < 4.78 is 0. The van der Waals surface area contributed by atoms with Crippen LogP contribution < -0.4 is 5.32 Å². The smallest absolute Gasteiger partial charge is 0.275 e. The summed E-state index contributed by atoms with van der Waals surface area (Å²) in [4.78, 5) is 23.5. The molecule has 1 amide bonds. The van der Waals surface area contributed by atoms with Gasteiger partial charge in [-0.25, -0.2) is 4.98 Å². The van der Waals surface area contributed by atoms with Crippen LogP contribution in [-0.4, -0.2) is 33.9 Å². The number of benzene rings is 2. The average Bonchev–Trinajstić information content (AvgIpc) is 2.66. The number of aromatic nitrogens is 2. The maximum absolute atomic E-state index is 12.5. The van der Waals surface area contributed by atoms with E-state index in [2.05, 4.69) is 40.1 Å². The number of fused-ring (bicyclic) bond motifs is 1. The zero-order valence-electron chi connectivity index (χ0n) is 14.6. The molecule has 3 rings (SSSR count). The number of para-hydroxylation sites is 2. The average molecular weight is 334 g/mol. The van der Waals surface area contributed by atoms with Gasteiger partial charge in [0, 0.05) is 12.2 Å². The molecule has 0 bridgehead atoms. The molecule has 0 atom stereocenters. The van der Waals surface area contributed by atoms with Crippen LogP contribution in [0.2, 0.25) is 0 Å². The van der Waals surface area contributed by atoms with Crippen molar-refractivity contribution in [3.63, 3.8) is 0 Å². The van der Waals surface area contributed by atoms with Crippen molar-refractivity contribution in [1.29, 1.82) is 0 Å². The van der Waals surface area contributed by atoms with E-state index in [9.17, 15) is 4.79 Å². The minimum absolute atomic E-state index is 0.252. The van der Waals surface area contributed by atoms with Gasteiger partial charge in [-0.05, 0) is 42.9 Å². The highest BCUT2D eigenvalue weighted by atomic mass is 16.1. The largest absolute Gasteiger partial charge is 0.321 e. The Kier molecular flexibility index (Phi) is 5.36. The predicted molar refractivity (Wildman–Crippen MR) is 101 cm³/mol. The first-order valence-electron chi connectivity index (χ1n) is 8.54. The molecular formula is C20H22N4O. The minimum atomic E-state index is -0.252. The van der Waals surface area contributed by atoms with E-state index in [0.29, 0.717) is 11.2 Å². The fourth-order valence-corrected chi connectivity index (χ4v) is 2.71. The van der Waals surface area contributed by atoms with Crippen molar-refractivity contribution in [2.75, 3.05) is 18.4 Å². The van der Waals surface area contributed by atoms with Gasteiger partial charge in [0.25, 0.3) is 5.91 Å². The Morgan fingerprint density at radius 1 is 1.04 bits per heavy atom. The maximum atomic E-state index is 12.5. The fraction of sp³-hybridized carbons (Fsp3) is 0.250. The third-order valence-corrected chi connectivity index (χ3v) is 4.17. The van der Waals surface area contributed by atoms with Crippen LogP contribution in [0.25, 0.3) is 11.0 Å². The van der Waals surface area contributed by atoms with Crippen LogP contribution in [-0.2, 0) is 6.54 Å². The van der Waals surface area contributed by atoms with Gasteiger partial charge >= 0.3 is 0 Å². The second-order valence-electron chi connectivity index (χ2n) is 5.86. The van der Waals surface area contributed by atoms with Crippen LogP contribution in [0, 0.1) is 0 Å². The van der Waals surface area contributed by atoms with Gasteiger partial charge in [-0.2, -0.15) is 0 Å². The highest BCUT2D eigenvalue weighted by Gasteiger charge is 2.10. The molecule has 0 aliphatic rings. The summed E-state index contributed by atoms with van der Waals surface area (Å²) in [6, 6.07) is 15.4. The Hall–Kier alpha value is -2.79. The molecule has 0 radical (unpaired) electrons. The van der Waals surface area contributed by atoms with Crippen molar-refractivity contribution >= 4 is 22.6 Å². The van der Waals surface area contributed by atoms with Crippen molar-refractivity contribution in [2.24, 2.45) is 0 Å². The van der Waals surface area contributed by atoms with Crippen LogP contribution in [0.15, 0.2) is 54.7 Å². The standard InChI is InChI=1S/C20H22N4O/c1-3-24(4-2)14-15-8-7-9-16(12-15)22-20(25)19-13-21-17-10-5-6-11-18(17)23-19/h5-13H,3-4,14H2,1-2H3,(H,22,25). The van der Waals surface area contributed by atoms with Crippen molar-refractivity contribution in [3.8, 4) is 0 Å². The zero-order valence-corrected chi connectivity index (χ0v) is 14.6. The molecule has 0 unspecified atom stereocenters. The number of anilines is 1. The Morgan fingerprint density at radius 3 is 2.56 bits per heavy atom. The minimum Gasteiger partial charge on any atom is -0.321 e. The Morgan fingerprint density at radius 2 is 1.80 bits per heavy atom. The SMILES string of the molecule is CCN(CC)Cc1cccc(NC(=O)c2cnc3ccccc3n2)c1. The number of hydrogen-bond donors (Lipinski definition) is 1. The highest BCUT2D eigenvalue weighted by molar-refractivity contribution is 6.03. The van der Waals surface area contributed by atoms with Crippen LogP contribution in [0.3, 0.4) is 0 Å². The molecule has 2 aromatic carbocycles. The highest BCUT2D eigenvalue weighted by Crippen LogP contribution is 2.14. The number of hydrogen-bond acceptors (Lipinski definition) is 4. The van der Waals surface area contributed by atoms with Crippen LogP contribution in [0.1, 0.15) is 29.9 Å². The third kappa shape index (κ3) is 4.19. The van der Waals surface area contributed by atoms with Crippen molar-refractivity contribution < 1.29 is 4.79 Å². The normalized spacial score (nSPS) is 11.0. The number of amides is 1. The molecule has 0 saturated heterocycles. The molecule has 1 N–H and O–H groups in total. The number of nitrogens with zero attached hydrogens (tertiary/aromatic N) is 3. The van der Waals surface area contributed by atoms with E-state index in [4.69, 9.17) is 0 Å². The van der Waals surface area contributed by atoms with E-state index < -0.39 is 0 Å². The molecular weight excluding hydrogens is 312 g/mol. The molecule has 128 valence electrons. The molecule has 3 aromatic rings. The van der Waals surface area contributed by atoms with Crippen molar-refractivity contribution in [2.45, 2.75) is 20.4 Å². The van der Waals surface area contributed by atoms with Crippen LogP contribution in [0.5, 0.6) is 0 Å². The second kappa shape index (κ2) is 7.85. The van der Waals surface area contributed by atoms with E-state index in [1.807, 2.05) is 42.5 Å². The van der Waals surface area contributed by atoms with E-state index in [-0.39, 0.29) is 5.91 Å². The Balaban J connectivity index is 1.75. The lowest BCUT2D eigenvalue weighted by atomic mass is 10.2. The number of rotatable bonds is 6. The maximum Gasteiger partial charge on any atom is 0.275 e. The molecule has 1 heterocycles. The summed E-state index contributed by atoms with van der Waals surface area (Å²) in [5, 5.41) is 2.91. The summed E-state index contributed by atoms with van der Waals surface area (Å²) in [5.74, 6) is -0.252. The first kappa shape index (κ1) is 17.0. The summed E-state index contributed by atoms with van der Waals surface area (Å²) in [7, 11) is 0. The van der Waals surface area contributed by atoms with Gasteiger partial charge in [-0.1, -0.05) is 38.1 Å². The molecule has 5 heteroatoms. The first-order chi connectivity index (χ1) is 12.2. The van der Waals surface area contributed by atoms with E-state index in [1.165, 1.54) is 11.8 Å². The third-order valence-electron chi connectivity index (χ3n) is 4.17. The molecule has 1 aromatic heterocycles. The molecule has 0 aliphatic carbocycles. The number of carbonyl (C=O) groups excluding carboxylic acids is 1. The van der Waals surface area contributed by atoms with Gasteiger partial charge < -0.3 is 5.32 Å². The van der Waals surface area contributed by atoms with Gasteiger partial charge in [-0.3, -0.25) is 14.7 Å². The second-order valence-corrected chi connectivity index (χ2v) is 5.86. The summed E-state index contributed by atoms with van der Waals surface area (Å²) in [6.45, 7) is 7.16. The van der Waals surface area contributed by atoms with Crippen molar-refractivity contribution in [1.82, 2.24) is 14.9 Å². The zero-order chi connectivity index (χ0) is 17.6. The van der Waals surface area contributed by atoms with Gasteiger partial charge in [0.05, 0.1) is 17.2 Å². The first-order valence-corrected chi connectivity index (χ1v) is 8.54. The summed E-state index contributed by atoms with van der Waals surface area (Å²) in [6.07, 6.45) is 1.51. The predicted octanol–water partition coefficient (Wildman–Crippen LogP) is 3.72. The Labute approximate surface area is 147 Å². The molecule has 0 spiro atoms. The van der Waals surface area contributed by atoms with Crippen LogP contribution in [0.4, 0.5) is 5.69 Å². The van der Waals surface area contributed by atoms with E-state index in [1.54, 1.807) is 0 Å². The van der Waals surface area contributed by atoms with Crippen molar-refractivity contribution in [3.05, 3.63) is 66.0 Å².